The molecule has 2 rings (SSSR count). The summed E-state index contributed by atoms with van der Waals surface area (Å²) in [6.07, 6.45) is -3.44. The van der Waals surface area contributed by atoms with Gasteiger partial charge in [0.1, 0.15) is 0 Å². The Kier molecular flexibility index (Phi) is 2.91. The first-order valence-corrected chi connectivity index (χ1v) is 5.70. The molecule has 94 valence electrons. The molecule has 0 aliphatic heterocycles. The standard InChI is InChI=1S/C12H12ClF3O/c1-7(17)11(4-5-11)8-2-3-9(10(13)6-8)12(14,15)16/h2-3,6-7,17H,4-5H2,1H3. The van der Waals surface area contributed by atoms with Gasteiger partial charge in [-0.3, -0.25) is 0 Å². The number of aliphatic hydroxyl groups is 1. The second-order valence-electron chi connectivity index (χ2n) is 4.52. The summed E-state index contributed by atoms with van der Waals surface area (Å²) in [6, 6.07) is 3.72. The number of benzene rings is 1. The Hall–Kier alpha value is -0.740. The Labute approximate surface area is 102 Å². The van der Waals surface area contributed by atoms with Gasteiger partial charge in [0.25, 0.3) is 0 Å². The van der Waals surface area contributed by atoms with Gasteiger partial charge in [0.05, 0.1) is 16.7 Å². The van der Waals surface area contributed by atoms with Crippen molar-refractivity contribution in [2.24, 2.45) is 0 Å². The third kappa shape index (κ3) is 2.16. The van der Waals surface area contributed by atoms with Crippen LogP contribution in [0.15, 0.2) is 18.2 Å². The summed E-state index contributed by atoms with van der Waals surface area (Å²) in [4.78, 5) is 0. The van der Waals surface area contributed by atoms with E-state index in [-0.39, 0.29) is 5.02 Å². The maximum atomic E-state index is 12.5. The molecule has 1 aliphatic rings. The van der Waals surface area contributed by atoms with E-state index in [0.29, 0.717) is 5.56 Å². The van der Waals surface area contributed by atoms with Crippen LogP contribution in [0.25, 0.3) is 0 Å². The van der Waals surface area contributed by atoms with Crippen LogP contribution >= 0.6 is 11.6 Å². The van der Waals surface area contributed by atoms with E-state index in [9.17, 15) is 18.3 Å². The molecule has 1 aromatic rings. The summed E-state index contributed by atoms with van der Waals surface area (Å²) in [5, 5.41) is 9.35. The molecule has 1 nitrogen and oxygen atoms in total. The molecule has 17 heavy (non-hydrogen) atoms. The summed E-state index contributed by atoms with van der Waals surface area (Å²) >= 11 is 5.65. The van der Waals surface area contributed by atoms with Gasteiger partial charge in [0.15, 0.2) is 0 Å². The van der Waals surface area contributed by atoms with Crippen molar-refractivity contribution in [1.82, 2.24) is 0 Å². The summed E-state index contributed by atoms with van der Waals surface area (Å²) in [5.41, 5.74) is -0.539. The van der Waals surface area contributed by atoms with Crippen LogP contribution in [0.2, 0.25) is 5.02 Å². The first-order chi connectivity index (χ1) is 7.77. The number of halogens is 4. The van der Waals surface area contributed by atoms with Crippen molar-refractivity contribution in [1.29, 1.82) is 0 Å². The highest BCUT2D eigenvalue weighted by atomic mass is 35.5. The van der Waals surface area contributed by atoms with Crippen LogP contribution in [-0.2, 0) is 11.6 Å². The summed E-state index contributed by atoms with van der Waals surface area (Å²) in [7, 11) is 0. The zero-order valence-electron chi connectivity index (χ0n) is 9.18. The molecule has 0 radical (unpaired) electrons. The predicted octanol–water partition coefficient (Wildman–Crippen LogP) is 3.77. The third-order valence-corrected chi connectivity index (χ3v) is 3.75. The number of hydrogen-bond acceptors (Lipinski definition) is 1. The van der Waals surface area contributed by atoms with Gasteiger partial charge >= 0.3 is 6.18 Å². The predicted molar refractivity (Wildman–Crippen MR) is 59.0 cm³/mol. The molecule has 1 N–H and O–H groups in total. The summed E-state index contributed by atoms with van der Waals surface area (Å²) in [6.45, 7) is 1.65. The second-order valence-corrected chi connectivity index (χ2v) is 4.93. The lowest BCUT2D eigenvalue weighted by Gasteiger charge is -2.20. The normalized spacial score (nSPS) is 20.1. The van der Waals surface area contributed by atoms with Crippen molar-refractivity contribution in [2.75, 3.05) is 0 Å². The maximum Gasteiger partial charge on any atom is 0.417 e. The molecule has 1 saturated carbocycles. The smallest absolute Gasteiger partial charge is 0.392 e. The van der Waals surface area contributed by atoms with Gasteiger partial charge in [-0.2, -0.15) is 13.2 Å². The molecule has 0 amide bonds. The van der Waals surface area contributed by atoms with E-state index >= 15 is 0 Å². The molecule has 0 saturated heterocycles. The number of aliphatic hydroxyl groups excluding tert-OH is 1. The van der Waals surface area contributed by atoms with Crippen LogP contribution in [0.5, 0.6) is 0 Å². The second kappa shape index (κ2) is 3.89. The van der Waals surface area contributed by atoms with Gasteiger partial charge in [-0.1, -0.05) is 17.7 Å². The van der Waals surface area contributed by atoms with Gasteiger partial charge in [-0.15, -0.1) is 0 Å². The van der Waals surface area contributed by atoms with Crippen LogP contribution in [0, 0.1) is 0 Å². The number of hydrogen-bond donors (Lipinski definition) is 1. The summed E-state index contributed by atoms with van der Waals surface area (Å²) in [5.74, 6) is 0. The fourth-order valence-corrected chi connectivity index (χ4v) is 2.42. The topological polar surface area (TPSA) is 20.2 Å². The zero-order valence-corrected chi connectivity index (χ0v) is 9.94. The lowest BCUT2D eigenvalue weighted by atomic mass is 9.90. The Balaban J connectivity index is 2.39. The Morgan fingerprint density at radius 2 is 1.94 bits per heavy atom. The van der Waals surface area contributed by atoms with Crippen molar-refractivity contribution in [3.8, 4) is 0 Å². The van der Waals surface area contributed by atoms with Gasteiger partial charge in [-0.25, -0.2) is 0 Å². The van der Waals surface area contributed by atoms with Gasteiger partial charge in [0.2, 0.25) is 0 Å². The van der Waals surface area contributed by atoms with Crippen molar-refractivity contribution in [3.63, 3.8) is 0 Å². The van der Waals surface area contributed by atoms with Gasteiger partial charge in [0, 0.05) is 5.41 Å². The van der Waals surface area contributed by atoms with Crippen molar-refractivity contribution in [3.05, 3.63) is 34.3 Å². The minimum absolute atomic E-state index is 0.304. The lowest BCUT2D eigenvalue weighted by molar-refractivity contribution is -0.137. The SMILES string of the molecule is CC(O)C1(c2ccc(C(F)(F)F)c(Cl)c2)CC1. The monoisotopic (exact) mass is 264 g/mol. The third-order valence-electron chi connectivity index (χ3n) is 3.44. The molecule has 1 atom stereocenters. The van der Waals surface area contributed by atoms with Gasteiger partial charge < -0.3 is 5.11 Å². The summed E-state index contributed by atoms with van der Waals surface area (Å²) < 4.78 is 37.6. The van der Waals surface area contributed by atoms with E-state index in [0.717, 1.165) is 18.9 Å². The number of rotatable bonds is 2. The van der Waals surface area contributed by atoms with E-state index in [4.69, 9.17) is 11.6 Å². The van der Waals surface area contributed by atoms with E-state index in [2.05, 4.69) is 0 Å². The average molecular weight is 265 g/mol. The van der Waals surface area contributed by atoms with Crippen LogP contribution in [0.1, 0.15) is 30.9 Å². The van der Waals surface area contributed by atoms with Crippen molar-refractivity contribution >= 4 is 11.6 Å². The molecule has 1 aromatic carbocycles. The van der Waals surface area contributed by atoms with Crippen molar-refractivity contribution in [2.45, 2.75) is 37.5 Å². The molecular formula is C12H12ClF3O. The Morgan fingerprint density at radius 3 is 2.29 bits per heavy atom. The van der Waals surface area contributed by atoms with E-state index in [1.54, 1.807) is 6.92 Å². The number of alkyl halides is 3. The van der Waals surface area contributed by atoms with Crippen LogP contribution < -0.4 is 0 Å². The first kappa shape index (κ1) is 12.7. The zero-order chi connectivity index (χ0) is 12.8. The molecule has 5 heteroatoms. The van der Waals surface area contributed by atoms with Crippen LogP contribution in [0.4, 0.5) is 13.2 Å². The fraction of sp³-hybridized carbons (Fsp3) is 0.500. The highest BCUT2D eigenvalue weighted by molar-refractivity contribution is 6.31. The molecule has 1 aliphatic carbocycles. The van der Waals surface area contributed by atoms with E-state index in [1.165, 1.54) is 12.1 Å². The molecule has 0 aromatic heterocycles. The average Bonchev–Trinajstić information content (AvgIpc) is 2.95. The molecule has 0 heterocycles. The Bertz CT molecular complexity index is 436. The highest BCUT2D eigenvalue weighted by Gasteiger charge is 2.48. The molecular weight excluding hydrogens is 253 g/mol. The van der Waals surface area contributed by atoms with Crippen molar-refractivity contribution < 1.29 is 18.3 Å². The quantitative estimate of drug-likeness (QED) is 0.862. The molecule has 1 fully saturated rings. The van der Waals surface area contributed by atoms with E-state index in [1.807, 2.05) is 0 Å². The molecule has 1 unspecified atom stereocenters. The lowest BCUT2D eigenvalue weighted by Crippen LogP contribution is -2.22. The molecule has 0 bridgehead atoms. The minimum atomic E-state index is -4.43. The Morgan fingerprint density at radius 1 is 1.35 bits per heavy atom. The fourth-order valence-electron chi connectivity index (χ4n) is 2.14. The van der Waals surface area contributed by atoms with Crippen LogP contribution in [-0.4, -0.2) is 11.2 Å². The van der Waals surface area contributed by atoms with Crippen LogP contribution in [0.3, 0.4) is 0 Å². The maximum absolute atomic E-state index is 12.5. The largest absolute Gasteiger partial charge is 0.417 e. The molecule has 0 spiro atoms. The first-order valence-electron chi connectivity index (χ1n) is 5.33. The minimum Gasteiger partial charge on any atom is -0.392 e. The van der Waals surface area contributed by atoms with Gasteiger partial charge in [-0.05, 0) is 37.5 Å². The van der Waals surface area contributed by atoms with E-state index < -0.39 is 23.3 Å². The highest BCUT2D eigenvalue weighted by Crippen LogP contribution is 2.52.